The molecular weight excluding hydrogens is 476 g/mol. The zero-order valence-corrected chi connectivity index (χ0v) is 20.2. The lowest BCUT2D eigenvalue weighted by Gasteiger charge is -2.11. The number of hydrazone groups is 1. The van der Waals surface area contributed by atoms with E-state index in [4.69, 9.17) is 9.47 Å². The number of hydrogen-bond acceptors (Lipinski definition) is 8. The maximum Gasteiger partial charge on any atom is 0.250 e. The van der Waals surface area contributed by atoms with Crippen LogP contribution in [-0.4, -0.2) is 39.4 Å². The number of amides is 1. The van der Waals surface area contributed by atoms with E-state index >= 15 is 0 Å². The predicted octanol–water partition coefficient (Wildman–Crippen LogP) is 4.20. The van der Waals surface area contributed by atoms with Gasteiger partial charge in [-0.1, -0.05) is 54.2 Å². The quantitative estimate of drug-likeness (QED) is 0.146. The van der Waals surface area contributed by atoms with Gasteiger partial charge in [-0.05, 0) is 35.2 Å². The van der Waals surface area contributed by atoms with Gasteiger partial charge < -0.3 is 19.4 Å². The second-order valence-corrected chi connectivity index (χ2v) is 8.82. The maximum absolute atomic E-state index is 12.3. The third-order valence-corrected chi connectivity index (χ3v) is 6.43. The van der Waals surface area contributed by atoms with Crippen molar-refractivity contribution in [1.29, 1.82) is 0 Å². The van der Waals surface area contributed by atoms with Gasteiger partial charge in [0.1, 0.15) is 0 Å². The van der Waals surface area contributed by atoms with Crippen molar-refractivity contribution in [3.63, 3.8) is 0 Å². The second kappa shape index (κ2) is 11.0. The van der Waals surface area contributed by atoms with Gasteiger partial charge in [-0.3, -0.25) is 4.79 Å². The van der Waals surface area contributed by atoms with Gasteiger partial charge in [0.25, 0.3) is 5.91 Å². The number of nitrogens with zero attached hydrogens (tertiary/aromatic N) is 4. The minimum absolute atomic E-state index is 0.143. The van der Waals surface area contributed by atoms with Crippen LogP contribution in [0.1, 0.15) is 11.4 Å². The average molecular weight is 501 g/mol. The largest absolute Gasteiger partial charge is 0.454 e. The molecule has 2 heterocycles. The molecule has 0 saturated carbocycles. The van der Waals surface area contributed by atoms with E-state index in [1.807, 2.05) is 34.9 Å². The molecule has 0 unspecified atom stereocenters. The van der Waals surface area contributed by atoms with E-state index in [0.717, 1.165) is 22.5 Å². The zero-order valence-electron chi connectivity index (χ0n) is 19.4. The summed E-state index contributed by atoms with van der Waals surface area (Å²) in [4.78, 5) is 12.3. The van der Waals surface area contributed by atoms with Crippen LogP contribution in [0.25, 0.3) is 10.8 Å². The molecule has 5 rings (SSSR count). The van der Waals surface area contributed by atoms with E-state index in [2.05, 4.69) is 50.8 Å². The highest BCUT2D eigenvalue weighted by Crippen LogP contribution is 2.32. The molecule has 1 amide bonds. The zero-order chi connectivity index (χ0) is 24.7. The first-order valence-corrected chi connectivity index (χ1v) is 12.3. The van der Waals surface area contributed by atoms with Crippen molar-refractivity contribution >= 4 is 40.3 Å². The molecule has 0 fully saturated rings. The Labute approximate surface area is 212 Å². The van der Waals surface area contributed by atoms with Gasteiger partial charge in [-0.15, -0.1) is 16.8 Å². The van der Waals surface area contributed by atoms with E-state index in [1.165, 1.54) is 17.1 Å². The normalized spacial score (nSPS) is 12.2. The van der Waals surface area contributed by atoms with Crippen molar-refractivity contribution in [2.24, 2.45) is 5.10 Å². The Morgan fingerprint density at radius 2 is 1.97 bits per heavy atom. The number of nitrogens with one attached hydrogen (secondary N) is 2. The molecule has 0 spiro atoms. The lowest BCUT2D eigenvalue weighted by Crippen LogP contribution is -2.20. The van der Waals surface area contributed by atoms with Crippen molar-refractivity contribution in [2.45, 2.75) is 18.2 Å². The van der Waals surface area contributed by atoms with Crippen molar-refractivity contribution in [3.8, 4) is 11.5 Å². The molecule has 36 heavy (non-hydrogen) atoms. The number of aromatic nitrogens is 3. The number of benzene rings is 3. The highest BCUT2D eigenvalue weighted by molar-refractivity contribution is 7.99. The number of thioether (sulfide) groups is 1. The Morgan fingerprint density at radius 1 is 1.11 bits per heavy atom. The number of carbonyl (C=O) groups is 1. The van der Waals surface area contributed by atoms with E-state index in [-0.39, 0.29) is 18.5 Å². The molecule has 0 bridgehead atoms. The van der Waals surface area contributed by atoms with Crippen LogP contribution in [0.4, 0.5) is 5.69 Å². The lowest BCUT2D eigenvalue weighted by atomic mass is 10.1. The van der Waals surface area contributed by atoms with Gasteiger partial charge in [0.05, 0.1) is 18.5 Å². The Balaban J connectivity index is 1.18. The Kier molecular flexibility index (Phi) is 7.13. The van der Waals surface area contributed by atoms with E-state index in [9.17, 15) is 4.79 Å². The average Bonchev–Trinajstić information content (AvgIpc) is 3.53. The summed E-state index contributed by atoms with van der Waals surface area (Å²) in [5.74, 6) is 2.01. The number of ether oxygens (including phenoxy) is 2. The van der Waals surface area contributed by atoms with Gasteiger partial charge in [0.15, 0.2) is 22.5 Å². The van der Waals surface area contributed by atoms with Crippen molar-refractivity contribution in [3.05, 3.63) is 84.7 Å². The number of rotatable bonds is 10. The van der Waals surface area contributed by atoms with Gasteiger partial charge in [-0.2, -0.15) is 5.10 Å². The Bertz CT molecular complexity index is 1430. The second-order valence-electron chi connectivity index (χ2n) is 7.87. The number of allylic oxidation sites excluding steroid dienone is 1. The number of carbonyl (C=O) groups excluding carboxylic acids is 1. The van der Waals surface area contributed by atoms with Crippen LogP contribution < -0.4 is 20.2 Å². The summed E-state index contributed by atoms with van der Waals surface area (Å²) >= 11 is 1.29. The van der Waals surface area contributed by atoms with Crippen LogP contribution in [-0.2, 0) is 17.9 Å². The summed E-state index contributed by atoms with van der Waals surface area (Å²) in [6, 6.07) is 19.8. The summed E-state index contributed by atoms with van der Waals surface area (Å²) in [5, 5.41) is 19.1. The van der Waals surface area contributed by atoms with E-state index in [1.54, 1.807) is 24.4 Å². The monoisotopic (exact) mass is 500 g/mol. The highest BCUT2D eigenvalue weighted by Gasteiger charge is 2.14. The highest BCUT2D eigenvalue weighted by atomic mass is 32.2. The minimum Gasteiger partial charge on any atom is -0.454 e. The maximum atomic E-state index is 12.3. The summed E-state index contributed by atoms with van der Waals surface area (Å²) in [6.45, 7) is 5.07. The molecule has 10 heteroatoms. The van der Waals surface area contributed by atoms with Gasteiger partial charge in [0, 0.05) is 17.6 Å². The molecule has 0 saturated heterocycles. The molecule has 1 aliphatic heterocycles. The van der Waals surface area contributed by atoms with Gasteiger partial charge >= 0.3 is 0 Å². The molecule has 2 N–H and O–H groups in total. The van der Waals surface area contributed by atoms with E-state index in [0.29, 0.717) is 29.7 Å². The first-order chi connectivity index (χ1) is 17.7. The number of anilines is 1. The van der Waals surface area contributed by atoms with Crippen LogP contribution in [0.5, 0.6) is 11.5 Å². The molecule has 1 aliphatic rings. The number of fused-ring (bicyclic) bond motifs is 2. The number of hydrogen-bond donors (Lipinski definition) is 2. The molecule has 9 nitrogen and oxygen atoms in total. The van der Waals surface area contributed by atoms with Crippen molar-refractivity contribution < 1.29 is 14.3 Å². The SMILES string of the molecule is C=CCn1c(CNc2cccc3ccccc23)nnc1SCC(=O)N/N=C/c1ccc2c(c1)OCO2. The van der Waals surface area contributed by atoms with Crippen LogP contribution in [0.2, 0.25) is 0 Å². The van der Waals surface area contributed by atoms with Crippen LogP contribution in [0, 0.1) is 0 Å². The van der Waals surface area contributed by atoms with Crippen LogP contribution in [0.15, 0.2) is 83.6 Å². The van der Waals surface area contributed by atoms with Gasteiger partial charge in [-0.25, -0.2) is 5.43 Å². The molecule has 4 aromatic rings. The van der Waals surface area contributed by atoms with Crippen molar-refractivity contribution in [2.75, 3.05) is 17.9 Å². The van der Waals surface area contributed by atoms with Crippen LogP contribution in [0.3, 0.4) is 0 Å². The fourth-order valence-electron chi connectivity index (χ4n) is 3.76. The Morgan fingerprint density at radius 3 is 2.89 bits per heavy atom. The minimum atomic E-state index is -0.249. The lowest BCUT2D eigenvalue weighted by molar-refractivity contribution is -0.118. The summed E-state index contributed by atoms with van der Waals surface area (Å²) in [6.07, 6.45) is 3.34. The molecular formula is C26H24N6O3S. The van der Waals surface area contributed by atoms with E-state index < -0.39 is 0 Å². The first kappa shape index (κ1) is 23.4. The summed E-state index contributed by atoms with van der Waals surface area (Å²) in [7, 11) is 0. The fraction of sp³-hybridized carbons (Fsp3) is 0.154. The first-order valence-electron chi connectivity index (χ1n) is 11.3. The Hall–Kier alpha value is -4.31. The third kappa shape index (κ3) is 5.33. The summed E-state index contributed by atoms with van der Waals surface area (Å²) < 4.78 is 12.6. The smallest absolute Gasteiger partial charge is 0.250 e. The fourth-order valence-corrected chi connectivity index (χ4v) is 4.52. The molecule has 0 aliphatic carbocycles. The predicted molar refractivity (Wildman–Crippen MR) is 141 cm³/mol. The topological polar surface area (TPSA) is 103 Å². The standard InChI is InChI=1S/C26H24N6O3S/c1-2-12-32-24(15-27-21-9-5-7-19-6-3-4-8-20(19)21)29-31-26(32)36-16-25(33)30-28-14-18-10-11-22-23(13-18)35-17-34-22/h2-11,13-14,27H,1,12,15-17H2,(H,30,33)/b28-14+. The summed E-state index contributed by atoms with van der Waals surface area (Å²) in [5.41, 5.74) is 4.35. The third-order valence-electron chi connectivity index (χ3n) is 5.46. The molecule has 0 radical (unpaired) electrons. The molecule has 0 atom stereocenters. The molecule has 182 valence electrons. The molecule has 1 aromatic heterocycles. The van der Waals surface area contributed by atoms with Crippen molar-refractivity contribution in [1.82, 2.24) is 20.2 Å². The van der Waals surface area contributed by atoms with Gasteiger partial charge in [0.2, 0.25) is 6.79 Å². The van der Waals surface area contributed by atoms with Crippen LogP contribution >= 0.6 is 11.8 Å². The molecule has 3 aromatic carbocycles.